The second-order valence-electron chi connectivity index (χ2n) is 9.56. The first-order valence-corrected chi connectivity index (χ1v) is 13.5. The molecule has 202 valence electrons. The number of guanidine groups is 1. The highest BCUT2D eigenvalue weighted by Crippen LogP contribution is 2.22. The van der Waals surface area contributed by atoms with E-state index in [9.17, 15) is 10.1 Å². The van der Waals surface area contributed by atoms with Crippen LogP contribution in [-0.2, 0) is 11.2 Å². The number of carbonyl (C=O) groups is 1. The molecule has 1 amide bonds. The Kier molecular flexibility index (Phi) is 10.8. The van der Waals surface area contributed by atoms with Crippen LogP contribution in [0.2, 0.25) is 0 Å². The van der Waals surface area contributed by atoms with Crippen LogP contribution >= 0.6 is 0 Å². The second-order valence-corrected chi connectivity index (χ2v) is 9.56. The molecule has 0 bridgehead atoms. The number of nitrogens with zero attached hydrogens (tertiary/aromatic N) is 3. The van der Waals surface area contributed by atoms with E-state index in [-0.39, 0.29) is 11.9 Å². The summed E-state index contributed by atoms with van der Waals surface area (Å²) in [5.41, 5.74) is 1.88. The number of hydrogen-bond donors (Lipinski definition) is 3. The number of benzene rings is 3. The fraction of sp³-hybridized carbons (Fsp3) is 0.323. The standard InChI is InChI=1S/C31H36N6O2/c32-24-34-31(35-26-13-16-29(17-14-26)39-28-11-5-2-6-12-28)36-27(23-25-9-3-1-4-10-25)15-18-30(38)33-19-22-37-20-7-8-21-37/h1-6,9-14,16-17,27H,7-8,15,18-23H2,(H,33,38)(H2,34,35,36)/t27-/m1/s1. The summed E-state index contributed by atoms with van der Waals surface area (Å²) in [6.07, 6.45) is 6.04. The lowest BCUT2D eigenvalue weighted by Crippen LogP contribution is -2.34. The van der Waals surface area contributed by atoms with Gasteiger partial charge in [0.2, 0.25) is 11.9 Å². The smallest absolute Gasteiger partial charge is 0.220 e. The number of nitrogens with one attached hydrogen (secondary N) is 3. The van der Waals surface area contributed by atoms with Gasteiger partial charge in [-0.15, -0.1) is 0 Å². The zero-order valence-corrected chi connectivity index (χ0v) is 22.2. The molecule has 0 aromatic heterocycles. The number of likely N-dealkylation sites (tertiary alicyclic amines) is 1. The molecule has 3 aromatic carbocycles. The van der Waals surface area contributed by atoms with Crippen molar-refractivity contribution in [3.8, 4) is 17.7 Å². The number of nitriles is 1. The molecule has 8 heteroatoms. The van der Waals surface area contributed by atoms with Crippen molar-refractivity contribution in [2.75, 3.05) is 31.5 Å². The van der Waals surface area contributed by atoms with Crippen LogP contribution in [0.4, 0.5) is 5.69 Å². The lowest BCUT2D eigenvalue weighted by molar-refractivity contribution is -0.121. The van der Waals surface area contributed by atoms with Gasteiger partial charge in [0.1, 0.15) is 11.5 Å². The van der Waals surface area contributed by atoms with Gasteiger partial charge in [-0.05, 0) is 80.7 Å². The lowest BCUT2D eigenvalue weighted by Gasteiger charge is -2.17. The van der Waals surface area contributed by atoms with Gasteiger partial charge in [-0.3, -0.25) is 10.1 Å². The molecular weight excluding hydrogens is 488 g/mol. The van der Waals surface area contributed by atoms with Crippen molar-refractivity contribution >= 4 is 17.6 Å². The third-order valence-corrected chi connectivity index (χ3v) is 6.55. The zero-order chi connectivity index (χ0) is 27.1. The summed E-state index contributed by atoms with van der Waals surface area (Å²) in [6, 6.07) is 26.9. The summed E-state index contributed by atoms with van der Waals surface area (Å²) in [4.78, 5) is 19.8. The zero-order valence-electron chi connectivity index (χ0n) is 22.2. The van der Waals surface area contributed by atoms with Crippen LogP contribution < -0.4 is 20.7 Å². The maximum absolute atomic E-state index is 12.6. The number of hydrogen-bond acceptors (Lipinski definition) is 5. The van der Waals surface area contributed by atoms with Crippen molar-refractivity contribution in [1.29, 1.82) is 5.26 Å². The molecule has 39 heavy (non-hydrogen) atoms. The van der Waals surface area contributed by atoms with Gasteiger partial charge in [0, 0.05) is 25.2 Å². The van der Waals surface area contributed by atoms with Gasteiger partial charge in [0.15, 0.2) is 6.19 Å². The Balaban J connectivity index is 1.37. The Morgan fingerprint density at radius 3 is 2.31 bits per heavy atom. The van der Waals surface area contributed by atoms with Crippen molar-refractivity contribution in [3.63, 3.8) is 0 Å². The number of para-hydroxylation sites is 1. The van der Waals surface area contributed by atoms with E-state index in [1.54, 1.807) is 0 Å². The van der Waals surface area contributed by atoms with Gasteiger partial charge in [-0.1, -0.05) is 48.5 Å². The van der Waals surface area contributed by atoms with Crippen molar-refractivity contribution in [1.82, 2.24) is 15.5 Å². The molecule has 1 aliphatic rings. The number of amides is 1. The highest BCUT2D eigenvalue weighted by atomic mass is 16.5. The first-order valence-electron chi connectivity index (χ1n) is 13.5. The largest absolute Gasteiger partial charge is 0.457 e. The van der Waals surface area contributed by atoms with E-state index in [4.69, 9.17) is 9.73 Å². The minimum absolute atomic E-state index is 0.0271. The van der Waals surface area contributed by atoms with E-state index in [1.807, 2.05) is 79.0 Å². The number of anilines is 1. The number of rotatable bonds is 12. The monoisotopic (exact) mass is 524 g/mol. The molecule has 1 heterocycles. The highest BCUT2D eigenvalue weighted by molar-refractivity contribution is 5.94. The van der Waals surface area contributed by atoms with Crippen LogP contribution in [0.1, 0.15) is 31.2 Å². The molecule has 0 aliphatic carbocycles. The van der Waals surface area contributed by atoms with Crippen molar-refractivity contribution in [2.24, 2.45) is 4.99 Å². The van der Waals surface area contributed by atoms with Crippen molar-refractivity contribution in [3.05, 3.63) is 90.5 Å². The maximum Gasteiger partial charge on any atom is 0.220 e. The van der Waals surface area contributed by atoms with Crippen LogP contribution in [0.5, 0.6) is 11.5 Å². The summed E-state index contributed by atoms with van der Waals surface area (Å²) in [7, 11) is 0. The topological polar surface area (TPSA) is 102 Å². The Hall–Kier alpha value is -4.35. The molecule has 0 unspecified atom stereocenters. The van der Waals surface area contributed by atoms with Crippen LogP contribution in [0.3, 0.4) is 0 Å². The van der Waals surface area contributed by atoms with E-state index in [0.29, 0.717) is 37.5 Å². The average Bonchev–Trinajstić information content (AvgIpc) is 3.48. The van der Waals surface area contributed by atoms with Crippen molar-refractivity contribution in [2.45, 2.75) is 38.1 Å². The Morgan fingerprint density at radius 2 is 1.62 bits per heavy atom. The third kappa shape index (κ3) is 9.80. The van der Waals surface area contributed by atoms with Gasteiger partial charge >= 0.3 is 0 Å². The molecule has 3 aromatic rings. The lowest BCUT2D eigenvalue weighted by atomic mass is 10.0. The molecule has 0 saturated carbocycles. The Morgan fingerprint density at radius 1 is 0.949 bits per heavy atom. The van der Waals surface area contributed by atoms with Gasteiger partial charge < -0.3 is 20.3 Å². The predicted molar refractivity (Wildman–Crippen MR) is 155 cm³/mol. The first kappa shape index (κ1) is 27.7. The van der Waals surface area contributed by atoms with Gasteiger partial charge in [-0.25, -0.2) is 4.99 Å². The Labute approximate surface area is 230 Å². The molecule has 0 radical (unpaired) electrons. The molecule has 4 rings (SSSR count). The number of carbonyl (C=O) groups excluding carboxylic acids is 1. The van der Waals surface area contributed by atoms with E-state index in [2.05, 4.69) is 33.0 Å². The summed E-state index contributed by atoms with van der Waals surface area (Å²) in [6.45, 7) is 3.80. The fourth-order valence-electron chi connectivity index (χ4n) is 4.54. The van der Waals surface area contributed by atoms with E-state index in [1.165, 1.54) is 12.8 Å². The normalized spacial score (nSPS) is 14.3. The SMILES string of the molecule is N#CNC(=N[C@H](CCC(=O)NCCN1CCCC1)Cc1ccccc1)Nc1ccc(Oc2ccccc2)cc1. The second kappa shape index (κ2) is 15.2. The molecule has 1 atom stereocenters. The number of ether oxygens (including phenoxy) is 1. The van der Waals surface area contributed by atoms with Crippen LogP contribution in [-0.4, -0.2) is 49.0 Å². The van der Waals surface area contributed by atoms with Crippen LogP contribution in [0, 0.1) is 11.5 Å². The number of aliphatic imine (C=N–C) groups is 1. The van der Waals surface area contributed by atoms with E-state index < -0.39 is 0 Å². The highest BCUT2D eigenvalue weighted by Gasteiger charge is 2.15. The van der Waals surface area contributed by atoms with Crippen LogP contribution in [0.15, 0.2) is 89.9 Å². The molecule has 1 fully saturated rings. The Bertz CT molecular complexity index is 1220. The third-order valence-electron chi connectivity index (χ3n) is 6.55. The summed E-state index contributed by atoms with van der Waals surface area (Å²) in [5.74, 6) is 1.83. The molecule has 1 aliphatic heterocycles. The summed E-state index contributed by atoms with van der Waals surface area (Å²) < 4.78 is 5.86. The summed E-state index contributed by atoms with van der Waals surface area (Å²) >= 11 is 0. The van der Waals surface area contributed by atoms with Crippen LogP contribution in [0.25, 0.3) is 0 Å². The van der Waals surface area contributed by atoms with Gasteiger partial charge in [0.25, 0.3) is 0 Å². The van der Waals surface area contributed by atoms with Gasteiger partial charge in [0.05, 0.1) is 6.04 Å². The first-order chi connectivity index (χ1) is 19.2. The minimum atomic E-state index is -0.194. The van der Waals surface area contributed by atoms with Gasteiger partial charge in [-0.2, -0.15) is 5.26 Å². The van der Waals surface area contributed by atoms with E-state index in [0.717, 1.165) is 36.6 Å². The molecular formula is C31H36N6O2. The molecule has 8 nitrogen and oxygen atoms in total. The average molecular weight is 525 g/mol. The molecule has 0 spiro atoms. The predicted octanol–water partition coefficient (Wildman–Crippen LogP) is 4.92. The quantitative estimate of drug-likeness (QED) is 0.135. The summed E-state index contributed by atoms with van der Waals surface area (Å²) in [5, 5.41) is 18.3. The molecule has 1 saturated heterocycles. The maximum atomic E-state index is 12.6. The minimum Gasteiger partial charge on any atom is -0.457 e. The van der Waals surface area contributed by atoms with Crippen molar-refractivity contribution < 1.29 is 9.53 Å². The van der Waals surface area contributed by atoms with E-state index >= 15 is 0 Å². The molecule has 3 N–H and O–H groups in total. The fourth-order valence-corrected chi connectivity index (χ4v) is 4.54.